The van der Waals surface area contributed by atoms with Crippen LogP contribution in [0.25, 0.3) is 0 Å². The summed E-state index contributed by atoms with van der Waals surface area (Å²) in [5.41, 5.74) is 3.60. The van der Waals surface area contributed by atoms with Gasteiger partial charge in [0, 0.05) is 29.9 Å². The average molecular weight is 371 g/mol. The first-order valence-electron chi connectivity index (χ1n) is 9.91. The van der Waals surface area contributed by atoms with Gasteiger partial charge in [0.2, 0.25) is 0 Å². The van der Waals surface area contributed by atoms with Crippen molar-refractivity contribution in [2.75, 3.05) is 19.6 Å². The first kappa shape index (κ1) is 19.1. The molecular weight excluding hydrogens is 340 g/mol. The zero-order chi connectivity index (χ0) is 18.2. The topological polar surface area (TPSA) is 32.3 Å². The molecule has 0 saturated heterocycles. The van der Waals surface area contributed by atoms with E-state index in [1.54, 1.807) is 11.3 Å². The second-order valence-electron chi connectivity index (χ2n) is 7.08. The third kappa shape index (κ3) is 5.18. The predicted octanol–water partition coefficient (Wildman–Crippen LogP) is 4.66. The Hall–Kier alpha value is -1.65. The maximum atomic E-state index is 12.6. The SMILES string of the molecule is CCN(CCCNC(=O)c1csc2c1CCCCC2)Cc1ccccc1. The van der Waals surface area contributed by atoms with E-state index < -0.39 is 0 Å². The Labute approximate surface area is 161 Å². The molecule has 0 unspecified atom stereocenters. The molecule has 0 saturated carbocycles. The molecule has 1 aromatic heterocycles. The Morgan fingerprint density at radius 2 is 1.96 bits per heavy atom. The molecule has 3 rings (SSSR count). The molecule has 0 fully saturated rings. The van der Waals surface area contributed by atoms with Gasteiger partial charge in [-0.3, -0.25) is 9.69 Å². The van der Waals surface area contributed by atoms with Crippen LogP contribution in [0.2, 0.25) is 0 Å². The van der Waals surface area contributed by atoms with Crippen molar-refractivity contribution >= 4 is 17.2 Å². The number of carbonyl (C=O) groups is 1. The van der Waals surface area contributed by atoms with Crippen LogP contribution in [0, 0.1) is 0 Å². The highest BCUT2D eigenvalue weighted by atomic mass is 32.1. The Morgan fingerprint density at radius 1 is 1.15 bits per heavy atom. The molecule has 0 bridgehead atoms. The van der Waals surface area contributed by atoms with Gasteiger partial charge in [0.1, 0.15) is 0 Å². The summed E-state index contributed by atoms with van der Waals surface area (Å²) in [6.07, 6.45) is 6.98. The van der Waals surface area contributed by atoms with Crippen LogP contribution in [0.1, 0.15) is 59.0 Å². The zero-order valence-corrected chi connectivity index (χ0v) is 16.6. The minimum Gasteiger partial charge on any atom is -0.352 e. The maximum Gasteiger partial charge on any atom is 0.252 e. The van der Waals surface area contributed by atoms with Crippen LogP contribution in [-0.2, 0) is 19.4 Å². The molecule has 1 aliphatic carbocycles. The highest BCUT2D eigenvalue weighted by Gasteiger charge is 2.18. The van der Waals surface area contributed by atoms with Crippen molar-refractivity contribution in [1.82, 2.24) is 10.2 Å². The minimum absolute atomic E-state index is 0.121. The molecule has 4 heteroatoms. The second kappa shape index (κ2) is 9.89. The Kier molecular flexibility index (Phi) is 7.27. The van der Waals surface area contributed by atoms with E-state index in [1.165, 1.54) is 35.3 Å². The second-order valence-corrected chi connectivity index (χ2v) is 8.04. The number of rotatable bonds is 8. The van der Waals surface area contributed by atoms with Crippen LogP contribution >= 0.6 is 11.3 Å². The van der Waals surface area contributed by atoms with Crippen molar-refractivity contribution in [2.45, 2.75) is 52.0 Å². The van der Waals surface area contributed by atoms with Crippen LogP contribution in [0.15, 0.2) is 35.7 Å². The summed E-state index contributed by atoms with van der Waals surface area (Å²) in [5, 5.41) is 5.21. The summed E-state index contributed by atoms with van der Waals surface area (Å²) in [7, 11) is 0. The van der Waals surface area contributed by atoms with Crippen molar-refractivity contribution in [3.05, 3.63) is 57.3 Å². The molecule has 0 spiro atoms. The molecule has 140 valence electrons. The predicted molar refractivity (Wildman–Crippen MR) is 110 cm³/mol. The van der Waals surface area contributed by atoms with E-state index in [9.17, 15) is 4.79 Å². The lowest BCUT2D eigenvalue weighted by molar-refractivity contribution is 0.0951. The summed E-state index contributed by atoms with van der Waals surface area (Å²) >= 11 is 1.77. The molecule has 1 N–H and O–H groups in total. The molecular formula is C22H30N2OS. The number of fused-ring (bicyclic) bond motifs is 1. The number of nitrogens with zero attached hydrogens (tertiary/aromatic N) is 1. The van der Waals surface area contributed by atoms with Crippen molar-refractivity contribution < 1.29 is 4.79 Å². The highest BCUT2D eigenvalue weighted by Crippen LogP contribution is 2.29. The van der Waals surface area contributed by atoms with Crippen LogP contribution in [-0.4, -0.2) is 30.4 Å². The van der Waals surface area contributed by atoms with Crippen LogP contribution < -0.4 is 5.32 Å². The van der Waals surface area contributed by atoms with Crippen molar-refractivity contribution in [3.8, 4) is 0 Å². The zero-order valence-electron chi connectivity index (χ0n) is 15.8. The fraction of sp³-hybridized carbons (Fsp3) is 0.500. The Morgan fingerprint density at radius 3 is 2.77 bits per heavy atom. The number of carbonyl (C=O) groups excluding carboxylic acids is 1. The summed E-state index contributed by atoms with van der Waals surface area (Å²) in [5.74, 6) is 0.121. The van der Waals surface area contributed by atoms with Gasteiger partial charge in [-0.2, -0.15) is 0 Å². The molecule has 1 aromatic carbocycles. The number of amides is 1. The largest absolute Gasteiger partial charge is 0.352 e. The fourth-order valence-electron chi connectivity index (χ4n) is 3.65. The van der Waals surface area contributed by atoms with Gasteiger partial charge in [-0.05, 0) is 49.8 Å². The van der Waals surface area contributed by atoms with Crippen molar-refractivity contribution in [3.63, 3.8) is 0 Å². The van der Waals surface area contributed by atoms with E-state index in [-0.39, 0.29) is 5.91 Å². The van der Waals surface area contributed by atoms with Gasteiger partial charge in [-0.25, -0.2) is 0 Å². The highest BCUT2D eigenvalue weighted by molar-refractivity contribution is 7.10. The van der Waals surface area contributed by atoms with E-state index in [1.807, 2.05) is 0 Å². The van der Waals surface area contributed by atoms with Crippen LogP contribution in [0.5, 0.6) is 0 Å². The van der Waals surface area contributed by atoms with Gasteiger partial charge >= 0.3 is 0 Å². The number of nitrogens with one attached hydrogen (secondary N) is 1. The maximum absolute atomic E-state index is 12.6. The molecule has 1 aliphatic rings. The van der Waals surface area contributed by atoms with Crippen molar-refractivity contribution in [2.24, 2.45) is 0 Å². The summed E-state index contributed by atoms with van der Waals surface area (Å²) in [6.45, 7) is 5.95. The molecule has 0 aliphatic heterocycles. The number of aryl methyl sites for hydroxylation is 1. The average Bonchev–Trinajstić information content (AvgIpc) is 2.93. The standard InChI is InChI=1S/C22H30N2OS/c1-2-24(16-18-10-5-3-6-11-18)15-9-14-23-22(25)20-17-26-21-13-8-4-7-12-19(20)21/h3,5-6,10-11,17H,2,4,7-9,12-16H2,1H3,(H,23,25). The van der Waals surface area contributed by atoms with Gasteiger partial charge < -0.3 is 5.32 Å². The summed E-state index contributed by atoms with van der Waals surface area (Å²) < 4.78 is 0. The van der Waals surface area contributed by atoms with Crippen molar-refractivity contribution in [1.29, 1.82) is 0 Å². The lowest BCUT2D eigenvalue weighted by Crippen LogP contribution is -2.30. The fourth-order valence-corrected chi connectivity index (χ4v) is 4.78. The normalized spacial score (nSPS) is 14.1. The molecule has 3 nitrogen and oxygen atoms in total. The first-order chi connectivity index (χ1) is 12.8. The van der Waals surface area contributed by atoms with E-state index in [0.717, 1.165) is 51.0 Å². The number of hydrogen-bond donors (Lipinski definition) is 1. The van der Waals surface area contributed by atoms with Gasteiger partial charge in [-0.1, -0.05) is 43.7 Å². The quantitative estimate of drug-likeness (QED) is 0.541. The molecule has 26 heavy (non-hydrogen) atoms. The van der Waals surface area contributed by atoms with E-state index in [0.29, 0.717) is 0 Å². The third-order valence-electron chi connectivity index (χ3n) is 5.19. The number of benzene rings is 1. The first-order valence-corrected chi connectivity index (χ1v) is 10.8. The van der Waals surface area contributed by atoms with E-state index in [2.05, 4.69) is 52.9 Å². The lowest BCUT2D eigenvalue weighted by Gasteiger charge is -2.20. The third-order valence-corrected chi connectivity index (χ3v) is 6.28. The Balaban J connectivity index is 1.44. The molecule has 1 heterocycles. The van der Waals surface area contributed by atoms with Gasteiger partial charge in [-0.15, -0.1) is 11.3 Å². The van der Waals surface area contributed by atoms with Gasteiger partial charge in [0.15, 0.2) is 0 Å². The molecule has 0 atom stereocenters. The lowest BCUT2D eigenvalue weighted by atomic mass is 10.1. The molecule has 1 amide bonds. The summed E-state index contributed by atoms with van der Waals surface area (Å²) in [4.78, 5) is 16.4. The Bertz CT molecular complexity index is 695. The molecule has 0 radical (unpaired) electrons. The minimum atomic E-state index is 0.121. The monoisotopic (exact) mass is 370 g/mol. The van der Waals surface area contributed by atoms with E-state index in [4.69, 9.17) is 0 Å². The molecule has 2 aromatic rings. The van der Waals surface area contributed by atoms with Crippen LogP contribution in [0.3, 0.4) is 0 Å². The van der Waals surface area contributed by atoms with Gasteiger partial charge in [0.05, 0.1) is 5.56 Å². The van der Waals surface area contributed by atoms with E-state index >= 15 is 0 Å². The summed E-state index contributed by atoms with van der Waals surface area (Å²) in [6, 6.07) is 10.6. The number of thiophene rings is 1. The van der Waals surface area contributed by atoms with Gasteiger partial charge in [0.25, 0.3) is 5.91 Å². The van der Waals surface area contributed by atoms with Crippen LogP contribution in [0.4, 0.5) is 0 Å². The number of hydrogen-bond acceptors (Lipinski definition) is 3. The smallest absolute Gasteiger partial charge is 0.252 e.